The highest BCUT2D eigenvalue weighted by Gasteiger charge is 2.53. The molecule has 0 aromatic rings. The van der Waals surface area contributed by atoms with Gasteiger partial charge < -0.3 is 15.3 Å². The Kier molecular flexibility index (Phi) is 3.45. The Morgan fingerprint density at radius 1 is 1.26 bits per heavy atom. The molecule has 2 rings (SSSR count). The fourth-order valence-corrected chi connectivity index (χ4v) is 3.26. The van der Waals surface area contributed by atoms with E-state index in [-0.39, 0.29) is 11.7 Å². The zero-order chi connectivity index (χ0) is 14.5. The molecule has 0 unspecified atom stereocenters. The second-order valence-corrected chi connectivity index (χ2v) is 6.25. The molecule has 1 saturated carbocycles. The third-order valence-electron chi connectivity index (χ3n) is 4.90. The van der Waals surface area contributed by atoms with E-state index >= 15 is 0 Å². The topological polar surface area (TPSA) is 77.8 Å². The number of fused-ring (bicyclic) bond motifs is 1. The van der Waals surface area contributed by atoms with Crippen LogP contribution in [0.4, 0.5) is 0 Å². The van der Waals surface area contributed by atoms with E-state index < -0.39 is 23.7 Å². The number of carbonyl (C=O) groups excluding carboxylic acids is 1. The first-order chi connectivity index (χ1) is 8.70. The van der Waals surface area contributed by atoms with Gasteiger partial charge >= 0.3 is 0 Å². The molecule has 0 heterocycles. The highest BCUT2D eigenvalue weighted by Crippen LogP contribution is 2.51. The SMILES string of the molecule is CC(C)=C1C[C@@]2(C)C(=CC1=O)[C@@H](O)[C@H](O)[C@H](O)[C@@H]2C. The zero-order valence-corrected chi connectivity index (χ0v) is 11.8. The van der Waals surface area contributed by atoms with Gasteiger partial charge in [0.05, 0.1) is 6.10 Å². The summed E-state index contributed by atoms with van der Waals surface area (Å²) in [6.07, 6.45) is -1.43. The number of allylic oxidation sites excluding steroid dienone is 3. The van der Waals surface area contributed by atoms with Gasteiger partial charge in [0.25, 0.3) is 0 Å². The number of carbonyl (C=O) groups is 1. The van der Waals surface area contributed by atoms with Crippen LogP contribution in [0.5, 0.6) is 0 Å². The van der Waals surface area contributed by atoms with E-state index in [1.165, 1.54) is 6.08 Å². The highest BCUT2D eigenvalue weighted by atomic mass is 16.4. The number of rotatable bonds is 0. The molecule has 4 nitrogen and oxygen atoms in total. The molecule has 0 amide bonds. The molecule has 106 valence electrons. The monoisotopic (exact) mass is 266 g/mol. The van der Waals surface area contributed by atoms with Gasteiger partial charge in [-0.3, -0.25) is 4.79 Å². The Morgan fingerprint density at radius 2 is 1.84 bits per heavy atom. The third kappa shape index (κ3) is 1.98. The maximum atomic E-state index is 12.1. The molecule has 0 aliphatic heterocycles. The Labute approximate surface area is 113 Å². The molecule has 4 heteroatoms. The van der Waals surface area contributed by atoms with Crippen molar-refractivity contribution < 1.29 is 20.1 Å². The van der Waals surface area contributed by atoms with Crippen molar-refractivity contribution in [3.63, 3.8) is 0 Å². The summed E-state index contributed by atoms with van der Waals surface area (Å²) in [7, 11) is 0. The second kappa shape index (κ2) is 4.54. The molecule has 0 spiro atoms. The van der Waals surface area contributed by atoms with E-state index in [4.69, 9.17) is 0 Å². The van der Waals surface area contributed by atoms with Crippen LogP contribution in [0.1, 0.15) is 34.1 Å². The second-order valence-electron chi connectivity index (χ2n) is 6.25. The zero-order valence-electron chi connectivity index (χ0n) is 11.8. The van der Waals surface area contributed by atoms with Gasteiger partial charge in [-0.15, -0.1) is 0 Å². The first-order valence-corrected chi connectivity index (χ1v) is 6.67. The first-order valence-electron chi connectivity index (χ1n) is 6.67. The maximum absolute atomic E-state index is 12.1. The van der Waals surface area contributed by atoms with Crippen molar-refractivity contribution in [3.05, 3.63) is 22.8 Å². The van der Waals surface area contributed by atoms with Crippen molar-refractivity contribution in [2.24, 2.45) is 11.3 Å². The van der Waals surface area contributed by atoms with Gasteiger partial charge in [-0.1, -0.05) is 19.4 Å². The minimum absolute atomic E-state index is 0.0951. The van der Waals surface area contributed by atoms with Gasteiger partial charge in [-0.2, -0.15) is 0 Å². The van der Waals surface area contributed by atoms with Gasteiger partial charge in [0.15, 0.2) is 5.78 Å². The predicted molar refractivity (Wildman–Crippen MR) is 71.4 cm³/mol. The van der Waals surface area contributed by atoms with E-state index in [0.717, 1.165) is 11.1 Å². The van der Waals surface area contributed by atoms with E-state index in [2.05, 4.69) is 0 Å². The van der Waals surface area contributed by atoms with Gasteiger partial charge in [0, 0.05) is 5.41 Å². The molecule has 0 radical (unpaired) electrons. The lowest BCUT2D eigenvalue weighted by Gasteiger charge is -2.51. The molecule has 2 aliphatic carbocycles. The van der Waals surface area contributed by atoms with Crippen molar-refractivity contribution in [3.8, 4) is 0 Å². The lowest BCUT2D eigenvalue weighted by molar-refractivity contribution is -0.126. The minimum Gasteiger partial charge on any atom is -0.390 e. The number of aliphatic hydroxyl groups is 3. The molecular weight excluding hydrogens is 244 g/mol. The van der Waals surface area contributed by atoms with E-state index in [0.29, 0.717) is 12.0 Å². The summed E-state index contributed by atoms with van der Waals surface area (Å²) in [4.78, 5) is 12.1. The van der Waals surface area contributed by atoms with Gasteiger partial charge in [-0.25, -0.2) is 0 Å². The van der Waals surface area contributed by atoms with Crippen molar-refractivity contribution in [1.82, 2.24) is 0 Å². The van der Waals surface area contributed by atoms with Crippen molar-refractivity contribution in [2.75, 3.05) is 0 Å². The predicted octanol–water partition coefficient (Wildman–Crippen LogP) is 0.961. The van der Waals surface area contributed by atoms with Crippen molar-refractivity contribution in [1.29, 1.82) is 0 Å². The normalized spacial score (nSPS) is 42.8. The van der Waals surface area contributed by atoms with Crippen molar-refractivity contribution >= 4 is 5.78 Å². The number of hydrogen-bond donors (Lipinski definition) is 3. The lowest BCUT2D eigenvalue weighted by Crippen LogP contribution is -2.56. The summed E-state index contributed by atoms with van der Waals surface area (Å²) < 4.78 is 0. The highest BCUT2D eigenvalue weighted by molar-refractivity contribution is 6.06. The Hall–Kier alpha value is -0.970. The number of hydrogen-bond acceptors (Lipinski definition) is 4. The molecule has 0 saturated heterocycles. The van der Waals surface area contributed by atoms with Crippen LogP contribution in [0.2, 0.25) is 0 Å². The summed E-state index contributed by atoms with van der Waals surface area (Å²) in [5.41, 5.74) is 1.77. The molecule has 1 fully saturated rings. The van der Waals surface area contributed by atoms with Crippen LogP contribution in [0.15, 0.2) is 22.8 Å². The van der Waals surface area contributed by atoms with E-state index in [9.17, 15) is 20.1 Å². The molecule has 19 heavy (non-hydrogen) atoms. The van der Waals surface area contributed by atoms with Crippen LogP contribution in [-0.4, -0.2) is 39.4 Å². The summed E-state index contributed by atoms with van der Waals surface area (Å²) in [6, 6.07) is 0. The summed E-state index contributed by atoms with van der Waals surface area (Å²) >= 11 is 0. The van der Waals surface area contributed by atoms with Gasteiger partial charge in [0.1, 0.15) is 12.2 Å². The standard InChI is InChI=1S/C15H22O4/c1-7(2)9-6-15(4)8(3)12(17)14(19)13(18)10(15)5-11(9)16/h5,8,12-14,17-19H,6H2,1-4H3/t8-,12+,13+,14+,15+/m0/s1. The third-order valence-corrected chi connectivity index (χ3v) is 4.90. The van der Waals surface area contributed by atoms with E-state index in [1.54, 1.807) is 0 Å². The Bertz CT molecular complexity index is 473. The van der Waals surface area contributed by atoms with Crippen LogP contribution in [0.3, 0.4) is 0 Å². The van der Waals surface area contributed by atoms with Crippen LogP contribution < -0.4 is 0 Å². The molecule has 0 bridgehead atoms. The maximum Gasteiger partial charge on any atom is 0.181 e. The molecular formula is C15H22O4. The quantitative estimate of drug-likeness (QED) is 0.571. The average Bonchev–Trinajstić information content (AvgIpc) is 2.35. The molecule has 2 aliphatic rings. The summed E-state index contributed by atoms with van der Waals surface area (Å²) in [6.45, 7) is 7.58. The largest absolute Gasteiger partial charge is 0.390 e. The molecule has 0 aromatic carbocycles. The van der Waals surface area contributed by atoms with Gasteiger partial charge in [-0.05, 0) is 43.4 Å². The minimum atomic E-state index is -1.23. The fraction of sp³-hybridized carbons (Fsp3) is 0.667. The lowest BCUT2D eigenvalue weighted by atomic mass is 9.57. The molecule has 0 aromatic heterocycles. The van der Waals surface area contributed by atoms with Crippen LogP contribution in [-0.2, 0) is 4.79 Å². The van der Waals surface area contributed by atoms with E-state index in [1.807, 2.05) is 27.7 Å². The van der Waals surface area contributed by atoms with Crippen LogP contribution in [0.25, 0.3) is 0 Å². The van der Waals surface area contributed by atoms with Crippen LogP contribution in [0, 0.1) is 11.3 Å². The fourth-order valence-electron chi connectivity index (χ4n) is 3.26. The summed E-state index contributed by atoms with van der Waals surface area (Å²) in [5.74, 6) is -0.318. The van der Waals surface area contributed by atoms with Crippen LogP contribution >= 0.6 is 0 Å². The number of ketones is 1. The first kappa shape index (κ1) is 14.4. The Morgan fingerprint density at radius 3 is 2.37 bits per heavy atom. The smallest absolute Gasteiger partial charge is 0.181 e. The number of aliphatic hydroxyl groups excluding tert-OH is 3. The Balaban J connectivity index is 2.57. The van der Waals surface area contributed by atoms with Gasteiger partial charge in [0.2, 0.25) is 0 Å². The molecule has 5 atom stereocenters. The molecule has 3 N–H and O–H groups in total. The van der Waals surface area contributed by atoms with Crippen molar-refractivity contribution in [2.45, 2.75) is 52.4 Å². The summed E-state index contributed by atoms with van der Waals surface area (Å²) in [5, 5.41) is 30.1. The average molecular weight is 266 g/mol.